The van der Waals surface area contributed by atoms with Gasteiger partial charge in [-0.1, -0.05) is 121 Å². The van der Waals surface area contributed by atoms with E-state index in [1.807, 2.05) is 121 Å². The van der Waals surface area contributed by atoms with Gasteiger partial charge in [-0.25, -0.2) is 24.0 Å². The minimum atomic E-state index is -0.624. The lowest BCUT2D eigenvalue weighted by Gasteiger charge is -2.31. The zero-order valence-corrected chi connectivity index (χ0v) is 39.6. The predicted octanol–water partition coefficient (Wildman–Crippen LogP) is 7.36. The molecule has 1 atom stereocenters. The van der Waals surface area contributed by atoms with Crippen molar-refractivity contribution in [1.82, 2.24) is 36.4 Å². The van der Waals surface area contributed by atoms with Crippen LogP contribution in [0.25, 0.3) is 0 Å². The average molecular weight is 940 g/mol. The summed E-state index contributed by atoms with van der Waals surface area (Å²) in [7, 11) is 0. The summed E-state index contributed by atoms with van der Waals surface area (Å²) in [5, 5.41) is 14.3. The molecule has 4 aromatic carbocycles. The molecule has 0 bridgehead atoms. The van der Waals surface area contributed by atoms with Gasteiger partial charge in [0.1, 0.15) is 32.0 Å². The van der Waals surface area contributed by atoms with Crippen LogP contribution in [-0.4, -0.2) is 117 Å². The maximum atomic E-state index is 13.3. The third-order valence-electron chi connectivity index (χ3n) is 10.1. The van der Waals surface area contributed by atoms with Gasteiger partial charge in [0.25, 0.3) is 0 Å². The maximum Gasteiger partial charge on any atom is 0.407 e. The summed E-state index contributed by atoms with van der Waals surface area (Å²) in [5.74, 6) is 0. The Morgan fingerprint density at radius 2 is 0.794 bits per heavy atom. The van der Waals surface area contributed by atoms with E-state index in [-0.39, 0.29) is 52.1 Å². The second-order valence-electron chi connectivity index (χ2n) is 16.9. The molecule has 0 heterocycles. The van der Waals surface area contributed by atoms with Crippen LogP contribution < -0.4 is 26.6 Å². The topological polar surface area (TPSA) is 198 Å². The Hall–Kier alpha value is -6.85. The zero-order chi connectivity index (χ0) is 48.7. The number of amides is 5. The highest BCUT2D eigenvalue weighted by atomic mass is 16.6. The number of hydrogen-bond acceptors (Lipinski definition) is 12. The van der Waals surface area contributed by atoms with Crippen LogP contribution in [0, 0.1) is 0 Å². The molecule has 5 N–H and O–H groups in total. The Balaban J connectivity index is 1.42. The summed E-state index contributed by atoms with van der Waals surface area (Å²) in [6.45, 7) is 9.55. The van der Waals surface area contributed by atoms with E-state index < -0.39 is 36.1 Å². The van der Waals surface area contributed by atoms with Crippen LogP contribution in [0.15, 0.2) is 121 Å². The largest absolute Gasteiger partial charge is 0.445 e. The summed E-state index contributed by atoms with van der Waals surface area (Å²) in [4.78, 5) is 67.9. The Kier molecular flexibility index (Phi) is 24.7. The van der Waals surface area contributed by atoms with Gasteiger partial charge in [0.15, 0.2) is 0 Å². The highest BCUT2D eigenvalue weighted by molar-refractivity contribution is 5.69. The molecule has 0 radical (unpaired) electrons. The fourth-order valence-electron chi connectivity index (χ4n) is 6.66. The minimum Gasteiger partial charge on any atom is -0.445 e. The summed E-state index contributed by atoms with van der Waals surface area (Å²) in [6.07, 6.45) is -0.931. The van der Waals surface area contributed by atoms with Crippen molar-refractivity contribution in [1.29, 1.82) is 0 Å². The highest BCUT2D eigenvalue weighted by Gasteiger charge is 2.20. The number of ether oxygens (including phenoxy) is 5. The van der Waals surface area contributed by atoms with Crippen molar-refractivity contribution in [3.8, 4) is 0 Å². The SMILES string of the molecule is CC(C)(C)OC(=O)NCCCCC(CN(CCNC(=O)OCc1ccccc1)CCN(CCNC(=O)OCc1ccccc1)CCNC(=O)OCc1ccccc1)NC(=O)OCc1ccccc1. The lowest BCUT2D eigenvalue weighted by atomic mass is 10.1. The third-order valence-corrected chi connectivity index (χ3v) is 10.1. The summed E-state index contributed by atoms with van der Waals surface area (Å²) in [5.41, 5.74) is 2.81. The van der Waals surface area contributed by atoms with Crippen molar-refractivity contribution in [3.05, 3.63) is 144 Å². The van der Waals surface area contributed by atoms with Crippen LogP contribution in [0.1, 0.15) is 62.3 Å². The fourth-order valence-corrected chi connectivity index (χ4v) is 6.66. The maximum absolute atomic E-state index is 13.3. The molecule has 368 valence electrons. The number of alkyl carbamates (subject to hydrolysis) is 5. The molecule has 0 aliphatic rings. The second kappa shape index (κ2) is 31.2. The van der Waals surface area contributed by atoms with E-state index >= 15 is 0 Å². The quantitative estimate of drug-likeness (QED) is 0.0281. The third kappa shape index (κ3) is 25.2. The lowest BCUT2D eigenvalue weighted by Crippen LogP contribution is -2.49. The molecule has 0 saturated heterocycles. The van der Waals surface area contributed by atoms with Gasteiger partial charge in [-0.3, -0.25) is 9.80 Å². The minimum absolute atomic E-state index is 0.0918. The van der Waals surface area contributed by atoms with Crippen molar-refractivity contribution in [2.75, 3.05) is 65.4 Å². The predicted molar refractivity (Wildman–Crippen MR) is 258 cm³/mol. The van der Waals surface area contributed by atoms with Crippen molar-refractivity contribution in [2.24, 2.45) is 0 Å². The number of nitrogens with zero attached hydrogens (tertiary/aromatic N) is 2. The molecule has 17 nitrogen and oxygen atoms in total. The number of benzene rings is 4. The van der Waals surface area contributed by atoms with Gasteiger partial charge >= 0.3 is 30.5 Å². The standard InChI is InChI=1S/C51H69N7O10/c1-51(2,3)68-49(62)52-27-17-16-26-45(56-50(63)67-40-44-24-14-7-15-25-44)36-58(33-30-55-48(61)66-39-43-22-12-6-13-23-43)35-34-57(31-28-53-46(59)64-37-41-18-8-4-9-19-41)32-29-54-47(60)65-38-42-20-10-5-11-21-42/h4-15,18-25,45H,16-17,26-40H2,1-3H3,(H,52,62)(H,53,59)(H,54,60)(H,55,61)(H,56,63). The number of hydrogen-bond donors (Lipinski definition) is 5. The van der Waals surface area contributed by atoms with Crippen LogP contribution in [0.4, 0.5) is 24.0 Å². The number of nitrogens with one attached hydrogen (secondary N) is 5. The van der Waals surface area contributed by atoms with Gasteiger partial charge in [-0.2, -0.15) is 0 Å². The van der Waals surface area contributed by atoms with Crippen molar-refractivity contribution >= 4 is 30.5 Å². The van der Waals surface area contributed by atoms with E-state index in [2.05, 4.69) is 36.4 Å². The van der Waals surface area contributed by atoms with E-state index in [0.29, 0.717) is 65.1 Å². The van der Waals surface area contributed by atoms with Gasteiger partial charge in [0, 0.05) is 71.5 Å². The van der Waals surface area contributed by atoms with Gasteiger partial charge < -0.3 is 50.3 Å². The molecule has 0 spiro atoms. The van der Waals surface area contributed by atoms with E-state index in [4.69, 9.17) is 23.7 Å². The van der Waals surface area contributed by atoms with E-state index in [9.17, 15) is 24.0 Å². The first-order valence-electron chi connectivity index (χ1n) is 23.1. The first-order chi connectivity index (χ1) is 32.9. The molecule has 1 unspecified atom stereocenters. The van der Waals surface area contributed by atoms with Gasteiger partial charge in [0.05, 0.1) is 0 Å². The van der Waals surface area contributed by atoms with Crippen LogP contribution in [0.5, 0.6) is 0 Å². The smallest absolute Gasteiger partial charge is 0.407 e. The molecule has 0 saturated carbocycles. The molecule has 0 fully saturated rings. The van der Waals surface area contributed by atoms with Crippen molar-refractivity contribution in [3.63, 3.8) is 0 Å². The molecule has 0 aliphatic carbocycles. The Morgan fingerprint density at radius 1 is 0.441 bits per heavy atom. The molecule has 0 aliphatic heterocycles. The molecule has 17 heteroatoms. The summed E-state index contributed by atoms with van der Waals surface area (Å²) in [6, 6.07) is 37.2. The van der Waals surface area contributed by atoms with Crippen molar-refractivity contribution < 1.29 is 47.7 Å². The van der Waals surface area contributed by atoms with E-state index in [0.717, 1.165) is 22.3 Å². The normalized spacial score (nSPS) is 11.5. The van der Waals surface area contributed by atoms with Crippen LogP contribution in [-0.2, 0) is 50.1 Å². The van der Waals surface area contributed by atoms with Crippen LogP contribution in [0.2, 0.25) is 0 Å². The van der Waals surface area contributed by atoms with E-state index in [1.165, 1.54) is 0 Å². The first-order valence-corrected chi connectivity index (χ1v) is 23.1. The summed E-state index contributed by atoms with van der Waals surface area (Å²) >= 11 is 0. The number of unbranched alkanes of at least 4 members (excludes halogenated alkanes) is 1. The number of carbonyl (C=O) groups is 5. The first kappa shape index (κ1) is 53.8. The molecule has 5 amide bonds. The van der Waals surface area contributed by atoms with E-state index in [1.54, 1.807) is 20.8 Å². The van der Waals surface area contributed by atoms with Crippen molar-refractivity contribution in [2.45, 2.75) is 78.1 Å². The van der Waals surface area contributed by atoms with Crippen LogP contribution in [0.3, 0.4) is 0 Å². The van der Waals surface area contributed by atoms with Gasteiger partial charge in [-0.05, 0) is 62.3 Å². The molecular weight excluding hydrogens is 871 g/mol. The van der Waals surface area contributed by atoms with Gasteiger partial charge in [-0.15, -0.1) is 0 Å². The monoisotopic (exact) mass is 940 g/mol. The Morgan fingerprint density at radius 3 is 1.19 bits per heavy atom. The Labute approximate surface area is 400 Å². The highest BCUT2D eigenvalue weighted by Crippen LogP contribution is 2.10. The van der Waals surface area contributed by atoms with Gasteiger partial charge in [0.2, 0.25) is 0 Å². The molecular formula is C51H69N7O10. The molecule has 4 aromatic rings. The molecule has 4 rings (SSSR count). The average Bonchev–Trinajstić information content (AvgIpc) is 3.33. The lowest BCUT2D eigenvalue weighted by molar-refractivity contribution is 0.0526. The molecule has 0 aromatic heterocycles. The number of rotatable bonds is 28. The Bertz CT molecular complexity index is 1980. The fraction of sp³-hybridized carbons (Fsp3) is 0.431. The summed E-state index contributed by atoms with van der Waals surface area (Å²) < 4.78 is 27.3. The van der Waals surface area contributed by atoms with Crippen LogP contribution >= 0.6 is 0 Å². The second-order valence-corrected chi connectivity index (χ2v) is 16.9. The zero-order valence-electron chi connectivity index (χ0n) is 39.6. The molecule has 68 heavy (non-hydrogen) atoms. The number of carbonyl (C=O) groups excluding carboxylic acids is 5.